The number of carbonyl (C=O) groups excluding carboxylic acids is 2. The zero-order chi connectivity index (χ0) is 15.4. The summed E-state index contributed by atoms with van der Waals surface area (Å²) in [4.78, 5) is 23.7. The van der Waals surface area contributed by atoms with Crippen LogP contribution in [0.1, 0.15) is 23.4 Å². The summed E-state index contributed by atoms with van der Waals surface area (Å²) in [6.45, 7) is 0.635. The summed E-state index contributed by atoms with van der Waals surface area (Å²) in [7, 11) is 0. The number of ether oxygens (including phenoxy) is 1. The van der Waals surface area contributed by atoms with E-state index in [1.165, 1.54) is 6.26 Å². The standard InChI is InChI=1S/C16H16N2O4/c19-15(13-3-1-9-21-13)17-11-5-7-12(8-6-11)18-16(20)14-4-2-10-22-14/h1,3,5-9,14H,2,4,10H2,(H,17,19)(H,18,20). The quantitative estimate of drug-likeness (QED) is 0.909. The molecule has 1 fully saturated rings. The molecule has 1 atom stereocenters. The van der Waals surface area contributed by atoms with Crippen molar-refractivity contribution in [1.29, 1.82) is 0 Å². The van der Waals surface area contributed by atoms with Gasteiger partial charge in [-0.2, -0.15) is 0 Å². The molecule has 22 heavy (non-hydrogen) atoms. The number of hydrogen-bond donors (Lipinski definition) is 2. The number of benzene rings is 1. The Morgan fingerprint density at radius 3 is 2.36 bits per heavy atom. The van der Waals surface area contributed by atoms with Gasteiger partial charge in [-0.3, -0.25) is 9.59 Å². The minimum Gasteiger partial charge on any atom is -0.459 e. The lowest BCUT2D eigenvalue weighted by Gasteiger charge is -2.11. The molecule has 1 aliphatic rings. The molecule has 0 aliphatic carbocycles. The highest BCUT2D eigenvalue weighted by atomic mass is 16.5. The van der Waals surface area contributed by atoms with Crippen LogP contribution in [-0.4, -0.2) is 24.5 Å². The van der Waals surface area contributed by atoms with Crippen LogP contribution in [0.2, 0.25) is 0 Å². The molecule has 1 aliphatic heterocycles. The van der Waals surface area contributed by atoms with Crippen LogP contribution in [0, 0.1) is 0 Å². The van der Waals surface area contributed by atoms with E-state index in [9.17, 15) is 9.59 Å². The van der Waals surface area contributed by atoms with Crippen LogP contribution >= 0.6 is 0 Å². The van der Waals surface area contributed by atoms with Gasteiger partial charge in [0.25, 0.3) is 11.8 Å². The number of rotatable bonds is 4. The third kappa shape index (κ3) is 3.35. The Hall–Kier alpha value is -2.60. The van der Waals surface area contributed by atoms with Crippen LogP contribution in [0.4, 0.5) is 11.4 Å². The molecule has 1 aromatic carbocycles. The van der Waals surface area contributed by atoms with E-state index in [2.05, 4.69) is 10.6 Å². The van der Waals surface area contributed by atoms with E-state index in [-0.39, 0.29) is 23.7 Å². The smallest absolute Gasteiger partial charge is 0.291 e. The number of carbonyl (C=O) groups is 2. The summed E-state index contributed by atoms with van der Waals surface area (Å²) in [5.41, 5.74) is 1.29. The molecular weight excluding hydrogens is 284 g/mol. The molecule has 2 heterocycles. The Labute approximate surface area is 127 Å². The van der Waals surface area contributed by atoms with Crippen molar-refractivity contribution in [2.24, 2.45) is 0 Å². The van der Waals surface area contributed by atoms with Crippen LogP contribution in [0.15, 0.2) is 47.1 Å². The molecule has 6 nitrogen and oxygen atoms in total. The lowest BCUT2D eigenvalue weighted by Crippen LogP contribution is -2.26. The number of anilines is 2. The van der Waals surface area contributed by atoms with Gasteiger partial charge in [-0.1, -0.05) is 0 Å². The molecular formula is C16H16N2O4. The average Bonchev–Trinajstić information content (AvgIpc) is 3.23. The van der Waals surface area contributed by atoms with Gasteiger partial charge in [0.2, 0.25) is 0 Å². The zero-order valence-electron chi connectivity index (χ0n) is 11.9. The second-order valence-electron chi connectivity index (χ2n) is 5.00. The van der Waals surface area contributed by atoms with Crippen molar-refractivity contribution >= 4 is 23.2 Å². The average molecular weight is 300 g/mol. The van der Waals surface area contributed by atoms with E-state index in [0.717, 1.165) is 12.8 Å². The summed E-state index contributed by atoms with van der Waals surface area (Å²) in [5, 5.41) is 5.51. The van der Waals surface area contributed by atoms with Crippen molar-refractivity contribution in [1.82, 2.24) is 0 Å². The van der Waals surface area contributed by atoms with Crippen molar-refractivity contribution in [2.45, 2.75) is 18.9 Å². The first-order valence-electron chi connectivity index (χ1n) is 7.10. The van der Waals surface area contributed by atoms with E-state index in [4.69, 9.17) is 9.15 Å². The first-order chi connectivity index (χ1) is 10.7. The molecule has 2 aromatic rings. The van der Waals surface area contributed by atoms with Crippen LogP contribution in [0.5, 0.6) is 0 Å². The minimum absolute atomic E-state index is 0.134. The zero-order valence-corrected chi connectivity index (χ0v) is 11.9. The highest BCUT2D eigenvalue weighted by Crippen LogP contribution is 2.18. The van der Waals surface area contributed by atoms with Gasteiger partial charge in [0.1, 0.15) is 6.10 Å². The van der Waals surface area contributed by atoms with Gasteiger partial charge < -0.3 is 19.8 Å². The van der Waals surface area contributed by atoms with Gasteiger partial charge in [0, 0.05) is 18.0 Å². The van der Waals surface area contributed by atoms with E-state index >= 15 is 0 Å². The Kier molecular flexibility index (Phi) is 4.20. The largest absolute Gasteiger partial charge is 0.459 e. The summed E-state index contributed by atoms with van der Waals surface area (Å²) in [6.07, 6.45) is 2.75. The number of furan rings is 1. The molecule has 1 saturated heterocycles. The third-order valence-corrected chi connectivity index (χ3v) is 3.38. The Balaban J connectivity index is 1.58. The first kappa shape index (κ1) is 14.3. The summed E-state index contributed by atoms with van der Waals surface area (Å²) >= 11 is 0. The monoisotopic (exact) mass is 300 g/mol. The molecule has 0 saturated carbocycles. The maximum absolute atomic E-state index is 11.9. The van der Waals surface area contributed by atoms with Gasteiger partial charge >= 0.3 is 0 Å². The summed E-state index contributed by atoms with van der Waals surface area (Å²) in [5.74, 6) is -0.207. The lowest BCUT2D eigenvalue weighted by atomic mass is 10.2. The Morgan fingerprint density at radius 1 is 1.05 bits per heavy atom. The van der Waals surface area contributed by atoms with E-state index in [1.807, 2.05) is 0 Å². The van der Waals surface area contributed by atoms with E-state index < -0.39 is 0 Å². The van der Waals surface area contributed by atoms with Crippen molar-refractivity contribution in [3.63, 3.8) is 0 Å². The molecule has 1 unspecified atom stereocenters. The molecule has 0 radical (unpaired) electrons. The molecule has 3 rings (SSSR count). The highest BCUT2D eigenvalue weighted by molar-refractivity contribution is 6.02. The van der Waals surface area contributed by atoms with Crippen molar-refractivity contribution in [3.05, 3.63) is 48.4 Å². The molecule has 2 amide bonds. The summed E-state index contributed by atoms with van der Waals surface area (Å²) < 4.78 is 10.3. The molecule has 6 heteroatoms. The molecule has 114 valence electrons. The van der Waals surface area contributed by atoms with Crippen LogP contribution in [0.25, 0.3) is 0 Å². The van der Waals surface area contributed by atoms with Gasteiger partial charge in [-0.25, -0.2) is 0 Å². The van der Waals surface area contributed by atoms with E-state index in [1.54, 1.807) is 36.4 Å². The lowest BCUT2D eigenvalue weighted by molar-refractivity contribution is -0.124. The van der Waals surface area contributed by atoms with Gasteiger partial charge in [-0.15, -0.1) is 0 Å². The second kappa shape index (κ2) is 6.44. The Morgan fingerprint density at radius 2 is 1.77 bits per heavy atom. The number of hydrogen-bond acceptors (Lipinski definition) is 4. The maximum Gasteiger partial charge on any atom is 0.291 e. The van der Waals surface area contributed by atoms with Crippen molar-refractivity contribution < 1.29 is 18.7 Å². The normalized spacial score (nSPS) is 17.2. The molecule has 0 bridgehead atoms. The van der Waals surface area contributed by atoms with Gasteiger partial charge in [0.15, 0.2) is 5.76 Å². The molecule has 0 spiro atoms. The molecule has 2 N–H and O–H groups in total. The van der Waals surface area contributed by atoms with Crippen LogP contribution in [0.3, 0.4) is 0 Å². The Bertz CT molecular complexity index is 643. The number of nitrogens with one attached hydrogen (secondary N) is 2. The van der Waals surface area contributed by atoms with Gasteiger partial charge in [0.05, 0.1) is 6.26 Å². The second-order valence-corrected chi connectivity index (χ2v) is 5.00. The van der Waals surface area contributed by atoms with Gasteiger partial charge in [-0.05, 0) is 49.2 Å². The molecule has 1 aromatic heterocycles. The summed E-state index contributed by atoms with van der Waals surface area (Å²) in [6, 6.07) is 10.1. The highest BCUT2D eigenvalue weighted by Gasteiger charge is 2.23. The topological polar surface area (TPSA) is 80.6 Å². The maximum atomic E-state index is 11.9. The fourth-order valence-electron chi connectivity index (χ4n) is 2.24. The SMILES string of the molecule is O=C(Nc1ccc(NC(=O)C2CCCO2)cc1)c1ccco1. The predicted octanol–water partition coefficient (Wildman–Crippen LogP) is 2.65. The fourth-order valence-corrected chi connectivity index (χ4v) is 2.24. The van der Waals surface area contributed by atoms with Crippen LogP contribution < -0.4 is 10.6 Å². The predicted molar refractivity (Wildman–Crippen MR) is 80.7 cm³/mol. The third-order valence-electron chi connectivity index (χ3n) is 3.38. The van der Waals surface area contributed by atoms with Crippen molar-refractivity contribution in [2.75, 3.05) is 17.2 Å². The van der Waals surface area contributed by atoms with Crippen LogP contribution in [-0.2, 0) is 9.53 Å². The first-order valence-corrected chi connectivity index (χ1v) is 7.10. The fraction of sp³-hybridized carbons (Fsp3) is 0.250. The minimum atomic E-state index is -0.363. The number of amides is 2. The van der Waals surface area contributed by atoms with Crippen molar-refractivity contribution in [3.8, 4) is 0 Å². The van der Waals surface area contributed by atoms with E-state index in [0.29, 0.717) is 18.0 Å².